The Morgan fingerprint density at radius 2 is 1.90 bits per heavy atom. The van der Waals surface area contributed by atoms with Crippen molar-refractivity contribution in [3.05, 3.63) is 15.6 Å². The number of thiazole rings is 1. The molecule has 1 aliphatic rings. The zero-order valence-electron chi connectivity index (χ0n) is 19.9. The molecule has 31 heavy (non-hydrogen) atoms. The zero-order chi connectivity index (χ0) is 22.3. The van der Waals surface area contributed by atoms with Crippen LogP contribution in [0.1, 0.15) is 54.1 Å². The van der Waals surface area contributed by atoms with Crippen LogP contribution >= 0.6 is 35.3 Å². The topological polar surface area (TPSA) is 82.1 Å². The highest BCUT2D eigenvalue weighted by molar-refractivity contribution is 14.0. The van der Waals surface area contributed by atoms with Crippen molar-refractivity contribution in [1.82, 2.24) is 25.4 Å². The van der Waals surface area contributed by atoms with Crippen molar-refractivity contribution < 1.29 is 9.53 Å². The lowest BCUT2D eigenvalue weighted by molar-refractivity contribution is 0.0531. The molecule has 2 rings (SSSR count). The third-order valence-electron chi connectivity index (χ3n) is 5.48. The minimum atomic E-state index is -0.305. The molecule has 2 N–H and O–H groups in total. The lowest BCUT2D eigenvalue weighted by Gasteiger charge is -2.40. The average molecular weight is 567 g/mol. The Labute approximate surface area is 208 Å². The molecule has 0 bridgehead atoms. The van der Waals surface area contributed by atoms with Gasteiger partial charge in [-0.3, -0.25) is 9.89 Å². The van der Waals surface area contributed by atoms with Gasteiger partial charge in [-0.25, -0.2) is 9.78 Å². The minimum Gasteiger partial charge on any atom is -0.462 e. The van der Waals surface area contributed by atoms with Gasteiger partial charge in [0.25, 0.3) is 0 Å². The van der Waals surface area contributed by atoms with Gasteiger partial charge in [-0.05, 0) is 33.7 Å². The quantitative estimate of drug-likeness (QED) is 0.217. The van der Waals surface area contributed by atoms with Crippen molar-refractivity contribution >= 4 is 47.2 Å². The molecule has 0 aliphatic carbocycles. The molecule has 2 heterocycles. The molecule has 1 fully saturated rings. The Bertz CT molecular complexity index is 719. The lowest BCUT2D eigenvalue weighted by Crippen LogP contribution is -2.55. The van der Waals surface area contributed by atoms with Crippen LogP contribution in [0.25, 0.3) is 0 Å². The summed E-state index contributed by atoms with van der Waals surface area (Å²) in [5.74, 6) is 0.985. The van der Waals surface area contributed by atoms with E-state index in [1.54, 1.807) is 7.05 Å². The molecule has 0 aromatic carbocycles. The number of nitrogens with one attached hydrogen (secondary N) is 2. The summed E-state index contributed by atoms with van der Waals surface area (Å²) in [7, 11) is 3.96. The predicted octanol–water partition coefficient (Wildman–Crippen LogP) is 2.74. The number of likely N-dealkylation sites (N-methyl/N-ethyl adjacent to an activating group) is 1. The van der Waals surface area contributed by atoms with Crippen LogP contribution in [0, 0.1) is 12.8 Å². The number of aliphatic imine (C=N–C) groups is 1. The Morgan fingerprint density at radius 1 is 1.26 bits per heavy atom. The van der Waals surface area contributed by atoms with E-state index >= 15 is 0 Å². The molecule has 1 saturated heterocycles. The normalized spacial score (nSPS) is 17.7. The Balaban J connectivity index is 0.00000480. The van der Waals surface area contributed by atoms with Gasteiger partial charge in [-0.15, -0.1) is 35.3 Å². The van der Waals surface area contributed by atoms with Gasteiger partial charge in [0.1, 0.15) is 9.88 Å². The number of aromatic nitrogens is 1. The summed E-state index contributed by atoms with van der Waals surface area (Å²) >= 11 is 1.38. The number of aryl methyl sites for hydroxylation is 1. The standard InChI is InChI=1S/C21H38N6O2S.HI/c1-8-29-20(28)18-15(4)24-19(30-18)16(5)25-21(22-6)23-13-17(14(2)3)27-11-9-26(7)10-12-27;/h14,16-17H,8-13H2,1-7H3,(H2,22,23,25);1H. The average Bonchev–Trinajstić information content (AvgIpc) is 3.10. The van der Waals surface area contributed by atoms with Crippen LogP contribution in [0.4, 0.5) is 0 Å². The van der Waals surface area contributed by atoms with E-state index in [1.807, 2.05) is 20.8 Å². The molecule has 178 valence electrons. The molecule has 8 nitrogen and oxygen atoms in total. The molecule has 1 aromatic heterocycles. The van der Waals surface area contributed by atoms with Crippen molar-refractivity contribution in [2.24, 2.45) is 10.9 Å². The number of carbonyl (C=O) groups is 1. The number of halogens is 1. The van der Waals surface area contributed by atoms with Gasteiger partial charge >= 0.3 is 5.97 Å². The number of nitrogens with zero attached hydrogens (tertiary/aromatic N) is 4. The lowest BCUT2D eigenvalue weighted by atomic mass is 10.0. The van der Waals surface area contributed by atoms with E-state index in [0.29, 0.717) is 29.1 Å². The fourth-order valence-corrected chi connectivity index (χ4v) is 4.55. The maximum Gasteiger partial charge on any atom is 0.350 e. The van der Waals surface area contributed by atoms with Gasteiger partial charge in [-0.2, -0.15) is 0 Å². The van der Waals surface area contributed by atoms with Crippen LogP contribution in [0.5, 0.6) is 0 Å². The first-order valence-corrected chi connectivity index (χ1v) is 11.6. The van der Waals surface area contributed by atoms with E-state index in [2.05, 4.69) is 51.3 Å². The molecular weight excluding hydrogens is 527 g/mol. The first-order valence-electron chi connectivity index (χ1n) is 10.8. The van der Waals surface area contributed by atoms with Gasteiger partial charge < -0.3 is 20.3 Å². The van der Waals surface area contributed by atoms with E-state index in [0.717, 1.165) is 43.7 Å². The van der Waals surface area contributed by atoms with Gasteiger partial charge in [0.05, 0.1) is 18.3 Å². The number of rotatable bonds is 8. The maximum absolute atomic E-state index is 12.1. The Kier molecular flexibility index (Phi) is 12.3. The molecule has 1 aliphatic heterocycles. The van der Waals surface area contributed by atoms with E-state index in [4.69, 9.17) is 4.74 Å². The maximum atomic E-state index is 12.1. The first-order chi connectivity index (χ1) is 14.3. The number of guanidine groups is 1. The summed E-state index contributed by atoms with van der Waals surface area (Å²) in [5, 5.41) is 7.75. The molecule has 10 heteroatoms. The SMILES string of the molecule is CCOC(=O)c1sc(C(C)NC(=NC)NCC(C(C)C)N2CCN(C)CC2)nc1C.I. The van der Waals surface area contributed by atoms with Crippen LogP contribution < -0.4 is 10.6 Å². The molecule has 0 spiro atoms. The molecule has 0 saturated carbocycles. The van der Waals surface area contributed by atoms with Crippen molar-refractivity contribution in [2.75, 3.05) is 53.4 Å². The third kappa shape index (κ3) is 8.14. The predicted molar refractivity (Wildman–Crippen MR) is 139 cm³/mol. The Hall–Kier alpha value is -0.980. The van der Waals surface area contributed by atoms with E-state index in [-0.39, 0.29) is 36.0 Å². The molecule has 2 atom stereocenters. The number of hydrogen-bond donors (Lipinski definition) is 2. The van der Waals surface area contributed by atoms with Crippen LogP contribution in [0.15, 0.2) is 4.99 Å². The van der Waals surface area contributed by atoms with Crippen molar-refractivity contribution in [1.29, 1.82) is 0 Å². The first kappa shape index (κ1) is 28.1. The summed E-state index contributed by atoms with van der Waals surface area (Å²) in [5.41, 5.74) is 0.708. The highest BCUT2D eigenvalue weighted by Gasteiger charge is 2.25. The molecule has 0 radical (unpaired) electrons. The van der Waals surface area contributed by atoms with E-state index < -0.39 is 0 Å². The second-order valence-corrected chi connectivity index (χ2v) is 9.19. The largest absolute Gasteiger partial charge is 0.462 e. The van der Waals surface area contributed by atoms with Gasteiger partial charge in [-0.1, -0.05) is 13.8 Å². The van der Waals surface area contributed by atoms with Crippen LogP contribution in [-0.2, 0) is 4.74 Å². The molecular formula is C21H39IN6O2S. The molecule has 2 unspecified atom stereocenters. The summed E-state index contributed by atoms with van der Waals surface area (Å²) in [6, 6.07) is 0.384. The number of esters is 1. The fourth-order valence-electron chi connectivity index (χ4n) is 3.59. The smallest absolute Gasteiger partial charge is 0.350 e. The third-order valence-corrected chi connectivity index (χ3v) is 6.80. The van der Waals surface area contributed by atoms with Gasteiger partial charge in [0, 0.05) is 45.8 Å². The van der Waals surface area contributed by atoms with Crippen LogP contribution in [0.3, 0.4) is 0 Å². The minimum absolute atomic E-state index is 0. The summed E-state index contributed by atoms with van der Waals surface area (Å²) in [4.78, 5) is 26.5. The molecule has 0 amide bonds. The number of hydrogen-bond acceptors (Lipinski definition) is 7. The van der Waals surface area contributed by atoms with Crippen molar-refractivity contribution in [3.8, 4) is 0 Å². The monoisotopic (exact) mass is 566 g/mol. The van der Waals surface area contributed by atoms with E-state index in [9.17, 15) is 4.79 Å². The molecule has 1 aromatic rings. The zero-order valence-corrected chi connectivity index (χ0v) is 23.0. The summed E-state index contributed by atoms with van der Waals surface area (Å²) < 4.78 is 5.12. The van der Waals surface area contributed by atoms with Crippen LogP contribution in [0.2, 0.25) is 0 Å². The number of carbonyl (C=O) groups excluding carboxylic acids is 1. The number of ether oxygens (including phenoxy) is 1. The highest BCUT2D eigenvalue weighted by Crippen LogP contribution is 2.24. The summed E-state index contributed by atoms with van der Waals surface area (Å²) in [6.45, 7) is 15.8. The second-order valence-electron chi connectivity index (χ2n) is 8.16. The number of piperazine rings is 1. The summed E-state index contributed by atoms with van der Waals surface area (Å²) in [6.07, 6.45) is 0. The van der Waals surface area contributed by atoms with Crippen LogP contribution in [-0.4, -0.2) is 86.2 Å². The van der Waals surface area contributed by atoms with Crippen molar-refractivity contribution in [2.45, 2.75) is 46.7 Å². The van der Waals surface area contributed by atoms with Gasteiger partial charge in [0.2, 0.25) is 0 Å². The van der Waals surface area contributed by atoms with E-state index in [1.165, 1.54) is 11.3 Å². The Morgan fingerprint density at radius 3 is 2.45 bits per heavy atom. The van der Waals surface area contributed by atoms with Crippen molar-refractivity contribution in [3.63, 3.8) is 0 Å². The van der Waals surface area contributed by atoms with Gasteiger partial charge in [0.15, 0.2) is 5.96 Å². The second kappa shape index (κ2) is 13.5. The highest BCUT2D eigenvalue weighted by atomic mass is 127. The fraction of sp³-hybridized carbons (Fsp3) is 0.762.